The molecule has 214 valence electrons. The lowest BCUT2D eigenvalue weighted by molar-refractivity contribution is -0.119. The molecule has 3 N–H and O–H groups in total. The molecule has 9 nitrogen and oxygen atoms in total. The third kappa shape index (κ3) is 11.3. The van der Waals surface area contributed by atoms with Crippen LogP contribution in [-0.2, 0) is 16.0 Å². The summed E-state index contributed by atoms with van der Waals surface area (Å²) in [7, 11) is 1.55. The van der Waals surface area contributed by atoms with Crippen molar-refractivity contribution in [1.82, 2.24) is 15.5 Å². The van der Waals surface area contributed by atoms with Gasteiger partial charge < -0.3 is 30.1 Å². The molecule has 0 saturated heterocycles. The van der Waals surface area contributed by atoms with Crippen LogP contribution in [0.4, 0.5) is 4.79 Å². The number of hydrogen-bond donors (Lipinski definition) is 3. The van der Waals surface area contributed by atoms with Crippen molar-refractivity contribution in [2.45, 2.75) is 43.7 Å². The molecular formula is C28H37Cl2N3O6. The Balaban J connectivity index is 2.14. The van der Waals surface area contributed by atoms with E-state index in [9.17, 15) is 19.5 Å². The van der Waals surface area contributed by atoms with Gasteiger partial charge in [0, 0.05) is 18.7 Å². The van der Waals surface area contributed by atoms with Gasteiger partial charge in [0.1, 0.15) is 12.4 Å². The minimum absolute atomic E-state index is 0.00409. The van der Waals surface area contributed by atoms with Crippen molar-refractivity contribution >= 4 is 41.1 Å². The van der Waals surface area contributed by atoms with Gasteiger partial charge in [-0.05, 0) is 42.2 Å². The number of ether oxygens (including phenoxy) is 2. The molecule has 0 aliphatic heterocycles. The van der Waals surface area contributed by atoms with Crippen molar-refractivity contribution in [2.75, 3.05) is 33.4 Å². The first kappa shape index (κ1) is 32.2. The predicted molar refractivity (Wildman–Crippen MR) is 151 cm³/mol. The first-order valence-electron chi connectivity index (χ1n) is 12.8. The molecule has 11 heteroatoms. The number of amides is 3. The van der Waals surface area contributed by atoms with Gasteiger partial charge in [0.2, 0.25) is 0 Å². The van der Waals surface area contributed by atoms with Crippen molar-refractivity contribution in [3.05, 3.63) is 65.7 Å². The highest BCUT2D eigenvalue weighted by Crippen LogP contribution is 2.17. The third-order valence-electron chi connectivity index (χ3n) is 6.16. The summed E-state index contributed by atoms with van der Waals surface area (Å²) in [5, 5.41) is 16.4. The van der Waals surface area contributed by atoms with E-state index in [1.165, 1.54) is 0 Å². The Morgan fingerprint density at radius 3 is 2.28 bits per heavy atom. The van der Waals surface area contributed by atoms with E-state index >= 15 is 0 Å². The Labute approximate surface area is 239 Å². The molecule has 0 aliphatic rings. The molecule has 3 atom stereocenters. The fourth-order valence-electron chi connectivity index (χ4n) is 3.75. The molecule has 0 spiro atoms. The molecule has 2 aromatic carbocycles. The Bertz CT molecular complexity index is 1040. The molecule has 2 aromatic rings. The van der Waals surface area contributed by atoms with Crippen LogP contribution < -0.4 is 15.4 Å². The van der Waals surface area contributed by atoms with Crippen LogP contribution in [0.3, 0.4) is 0 Å². The van der Waals surface area contributed by atoms with E-state index in [0.29, 0.717) is 24.3 Å². The molecular weight excluding hydrogens is 545 g/mol. The van der Waals surface area contributed by atoms with E-state index in [2.05, 4.69) is 10.6 Å². The van der Waals surface area contributed by atoms with Crippen LogP contribution in [0.2, 0.25) is 0 Å². The second-order valence-corrected chi connectivity index (χ2v) is 10.3. The number of hydrogen-bond acceptors (Lipinski definition) is 6. The molecule has 39 heavy (non-hydrogen) atoms. The molecule has 1 unspecified atom stereocenters. The number of rotatable bonds is 15. The molecule has 0 aliphatic carbocycles. The zero-order valence-corrected chi connectivity index (χ0v) is 24.0. The van der Waals surface area contributed by atoms with Gasteiger partial charge in [-0.1, -0.05) is 73.8 Å². The topological polar surface area (TPSA) is 117 Å². The van der Waals surface area contributed by atoms with Crippen molar-refractivity contribution in [3.63, 3.8) is 0 Å². The first-order valence-corrected chi connectivity index (χ1v) is 13.7. The highest BCUT2D eigenvalue weighted by molar-refractivity contribution is 6.53. The fraction of sp³-hybridized carbons (Fsp3) is 0.464. The van der Waals surface area contributed by atoms with E-state index in [-0.39, 0.29) is 31.5 Å². The maximum atomic E-state index is 13.4. The van der Waals surface area contributed by atoms with E-state index in [1.54, 1.807) is 36.3 Å². The zero-order valence-electron chi connectivity index (χ0n) is 22.4. The zero-order chi connectivity index (χ0) is 28.8. The van der Waals surface area contributed by atoms with Crippen molar-refractivity contribution in [3.8, 4) is 5.75 Å². The maximum absolute atomic E-state index is 13.4. The second kappa shape index (κ2) is 16.8. The monoisotopic (exact) mass is 581 g/mol. The fourth-order valence-corrected chi connectivity index (χ4v) is 3.91. The summed E-state index contributed by atoms with van der Waals surface area (Å²) in [6.07, 6.45) is -0.711. The summed E-state index contributed by atoms with van der Waals surface area (Å²) in [4.78, 5) is 37.8. The van der Waals surface area contributed by atoms with Gasteiger partial charge in [-0.25, -0.2) is 4.79 Å². The number of halogens is 2. The standard InChI is InChI=1S/C28H37Cl2N3O6/c1-4-19(2)17-33(27(36)21-10-12-22(38-3)13-11-21)18-24(34)23(16-20-8-6-5-7-9-20)32-28(37)39-15-14-31-26(35)25(29)30/h5-13,19,23-25,34H,4,14-18H2,1-3H3,(H,31,35)(H,32,37)/t19-,23?,24-/m1/s1. The smallest absolute Gasteiger partial charge is 0.407 e. The van der Waals surface area contributed by atoms with Crippen LogP contribution in [0.15, 0.2) is 54.6 Å². The van der Waals surface area contributed by atoms with E-state index in [1.807, 2.05) is 44.2 Å². The molecule has 0 radical (unpaired) electrons. The van der Waals surface area contributed by atoms with Gasteiger partial charge in [-0.3, -0.25) is 9.59 Å². The molecule has 2 rings (SSSR count). The van der Waals surface area contributed by atoms with Crippen molar-refractivity contribution in [2.24, 2.45) is 5.92 Å². The lowest BCUT2D eigenvalue weighted by Crippen LogP contribution is -2.51. The molecule has 0 bridgehead atoms. The van der Waals surface area contributed by atoms with Gasteiger partial charge >= 0.3 is 6.09 Å². The summed E-state index contributed by atoms with van der Waals surface area (Å²) in [6.45, 7) is 4.40. The highest BCUT2D eigenvalue weighted by Gasteiger charge is 2.28. The van der Waals surface area contributed by atoms with Crippen LogP contribution in [0.25, 0.3) is 0 Å². The third-order valence-corrected chi connectivity index (χ3v) is 6.56. The van der Waals surface area contributed by atoms with Gasteiger partial charge in [0.15, 0.2) is 4.84 Å². The van der Waals surface area contributed by atoms with Crippen LogP contribution in [0, 0.1) is 5.92 Å². The summed E-state index contributed by atoms with van der Waals surface area (Å²) in [5.41, 5.74) is 1.36. The second-order valence-electron chi connectivity index (χ2n) is 9.19. The van der Waals surface area contributed by atoms with E-state index in [4.69, 9.17) is 32.7 Å². The maximum Gasteiger partial charge on any atom is 0.407 e. The van der Waals surface area contributed by atoms with Crippen LogP contribution >= 0.6 is 23.2 Å². The number of methoxy groups -OCH3 is 1. The highest BCUT2D eigenvalue weighted by atomic mass is 35.5. The SMILES string of the molecule is CC[C@@H](C)CN(C[C@@H](O)C(Cc1ccccc1)NC(=O)OCCNC(=O)C(Cl)Cl)C(=O)c1ccc(OC)cc1. The minimum atomic E-state index is -1.22. The van der Waals surface area contributed by atoms with Gasteiger partial charge in [-0.2, -0.15) is 0 Å². The average molecular weight is 583 g/mol. The Kier molecular flexibility index (Phi) is 13.9. The summed E-state index contributed by atoms with van der Waals surface area (Å²) in [6, 6.07) is 15.4. The van der Waals surface area contributed by atoms with Crippen molar-refractivity contribution < 1.29 is 29.0 Å². The summed E-state index contributed by atoms with van der Waals surface area (Å²) >= 11 is 11.0. The lowest BCUT2D eigenvalue weighted by Gasteiger charge is -2.31. The number of alkyl carbamates (subject to hydrolysis) is 1. The Hall–Kier alpha value is -3.01. The number of nitrogens with one attached hydrogen (secondary N) is 2. The summed E-state index contributed by atoms with van der Waals surface area (Å²) in [5.74, 6) is 0.00406. The predicted octanol–water partition coefficient (Wildman–Crippen LogP) is 3.80. The van der Waals surface area contributed by atoms with Crippen LogP contribution in [-0.4, -0.2) is 78.2 Å². The Morgan fingerprint density at radius 2 is 1.69 bits per heavy atom. The normalized spacial score (nSPS) is 13.2. The minimum Gasteiger partial charge on any atom is -0.497 e. The largest absolute Gasteiger partial charge is 0.497 e. The number of nitrogens with zero attached hydrogens (tertiary/aromatic N) is 1. The van der Waals surface area contributed by atoms with Crippen molar-refractivity contribution in [1.29, 1.82) is 0 Å². The molecule has 0 aromatic heterocycles. The van der Waals surface area contributed by atoms with E-state index in [0.717, 1.165) is 12.0 Å². The lowest BCUT2D eigenvalue weighted by atomic mass is 10.00. The van der Waals surface area contributed by atoms with Crippen LogP contribution in [0.1, 0.15) is 36.2 Å². The first-order chi connectivity index (χ1) is 18.6. The van der Waals surface area contributed by atoms with Gasteiger partial charge in [0.05, 0.1) is 25.8 Å². The number of carbonyl (C=O) groups is 3. The number of benzene rings is 2. The molecule has 0 heterocycles. The number of aliphatic hydroxyl groups excluding tert-OH is 1. The molecule has 0 saturated carbocycles. The number of carbonyl (C=O) groups excluding carboxylic acids is 3. The summed E-state index contributed by atoms with van der Waals surface area (Å²) < 4.78 is 10.4. The number of aliphatic hydroxyl groups is 1. The molecule has 3 amide bonds. The molecule has 0 fully saturated rings. The Morgan fingerprint density at radius 1 is 1.03 bits per heavy atom. The van der Waals surface area contributed by atoms with Gasteiger partial charge in [0.25, 0.3) is 11.8 Å². The van der Waals surface area contributed by atoms with E-state index < -0.39 is 29.0 Å². The number of alkyl halides is 2. The average Bonchev–Trinajstić information content (AvgIpc) is 2.94. The quantitative estimate of drug-likeness (QED) is 0.217. The van der Waals surface area contributed by atoms with Crippen LogP contribution in [0.5, 0.6) is 5.75 Å². The van der Waals surface area contributed by atoms with Gasteiger partial charge in [-0.15, -0.1) is 0 Å².